The summed E-state index contributed by atoms with van der Waals surface area (Å²) in [6.07, 6.45) is 1.15. The summed E-state index contributed by atoms with van der Waals surface area (Å²) in [7, 11) is 0. The van der Waals surface area contributed by atoms with Crippen LogP contribution in [0.25, 0.3) is 0 Å². The average molecular weight is 231 g/mol. The van der Waals surface area contributed by atoms with Gasteiger partial charge in [-0.1, -0.05) is 12.1 Å². The Morgan fingerprint density at radius 3 is 2.62 bits per heavy atom. The molecule has 2 rings (SSSR count). The van der Waals surface area contributed by atoms with Gasteiger partial charge in [-0.3, -0.25) is 4.79 Å². The molecule has 0 atom stereocenters. The summed E-state index contributed by atoms with van der Waals surface area (Å²) < 4.78 is 0. The zero-order chi connectivity index (χ0) is 11.4. The van der Waals surface area contributed by atoms with E-state index in [1.807, 2.05) is 24.3 Å². The van der Waals surface area contributed by atoms with Gasteiger partial charge in [-0.2, -0.15) is 10.1 Å². The Hall–Kier alpha value is -1.84. The van der Waals surface area contributed by atoms with E-state index in [-0.39, 0.29) is 5.91 Å². The fourth-order valence-electron chi connectivity index (χ4n) is 1.46. The summed E-state index contributed by atoms with van der Waals surface area (Å²) in [6.45, 7) is 0. The van der Waals surface area contributed by atoms with Gasteiger partial charge in [-0.05, 0) is 29.9 Å². The van der Waals surface area contributed by atoms with Crippen LogP contribution in [-0.2, 0) is 4.79 Å². The summed E-state index contributed by atoms with van der Waals surface area (Å²) in [6, 6.07) is 7.49. The van der Waals surface area contributed by atoms with Crippen molar-refractivity contribution < 1.29 is 4.79 Å². The lowest BCUT2D eigenvalue weighted by molar-refractivity contribution is -0.121. The lowest BCUT2D eigenvalue weighted by Crippen LogP contribution is -2.25. The van der Waals surface area contributed by atoms with E-state index < -0.39 is 0 Å². The molecule has 1 aliphatic rings. The molecule has 0 unspecified atom stereocenters. The van der Waals surface area contributed by atoms with Crippen LogP contribution in [0.1, 0.15) is 18.4 Å². The molecule has 1 N–H and O–H groups in total. The normalized spacial score (nSPS) is 14.8. The first-order valence-electron chi connectivity index (χ1n) is 4.83. The second-order valence-electron chi connectivity index (χ2n) is 3.34. The van der Waals surface area contributed by atoms with E-state index in [2.05, 4.69) is 32.9 Å². The van der Waals surface area contributed by atoms with Crippen molar-refractivity contribution in [3.05, 3.63) is 29.8 Å². The van der Waals surface area contributed by atoms with Crippen molar-refractivity contribution in [3.63, 3.8) is 0 Å². The van der Waals surface area contributed by atoms with Gasteiger partial charge in [0.05, 0.1) is 16.6 Å². The fourth-order valence-corrected chi connectivity index (χ4v) is 1.57. The van der Waals surface area contributed by atoms with Crippen LogP contribution in [-0.4, -0.2) is 16.8 Å². The van der Waals surface area contributed by atoms with Crippen molar-refractivity contribution in [1.29, 1.82) is 0 Å². The summed E-state index contributed by atoms with van der Waals surface area (Å²) >= 11 is 4.52. The highest BCUT2D eigenvalue weighted by Crippen LogP contribution is 2.15. The highest BCUT2D eigenvalue weighted by atomic mass is 32.1. The van der Waals surface area contributed by atoms with Gasteiger partial charge in [-0.15, -0.1) is 0 Å². The maximum Gasteiger partial charge on any atom is 0.240 e. The number of aliphatic imine (C=N–C) groups is 1. The number of carbonyl (C=O) groups is 1. The maximum absolute atomic E-state index is 10.9. The minimum absolute atomic E-state index is 0.0364. The summed E-state index contributed by atoms with van der Waals surface area (Å²) in [5.41, 5.74) is 5.11. The van der Waals surface area contributed by atoms with Gasteiger partial charge in [0.1, 0.15) is 0 Å². The highest BCUT2D eigenvalue weighted by Gasteiger charge is 2.12. The first-order chi connectivity index (χ1) is 7.79. The van der Waals surface area contributed by atoms with E-state index in [1.165, 1.54) is 0 Å². The van der Waals surface area contributed by atoms with Crippen LogP contribution in [0.15, 0.2) is 34.4 Å². The predicted molar refractivity (Wildman–Crippen MR) is 65.0 cm³/mol. The molecule has 0 radical (unpaired) electrons. The first kappa shape index (κ1) is 10.7. The number of hydrazone groups is 1. The van der Waals surface area contributed by atoms with Crippen molar-refractivity contribution in [2.24, 2.45) is 10.1 Å². The molecule has 1 amide bonds. The number of isothiocyanates is 1. The summed E-state index contributed by atoms with van der Waals surface area (Å²) in [4.78, 5) is 14.8. The molecule has 0 saturated heterocycles. The summed E-state index contributed by atoms with van der Waals surface area (Å²) in [5, 5.41) is 6.32. The molecule has 5 heteroatoms. The molecule has 0 aromatic heterocycles. The molecular weight excluding hydrogens is 222 g/mol. The number of hydrogen-bond acceptors (Lipinski definition) is 4. The quantitative estimate of drug-likeness (QED) is 0.625. The van der Waals surface area contributed by atoms with Crippen LogP contribution in [0.2, 0.25) is 0 Å². The van der Waals surface area contributed by atoms with E-state index in [0.29, 0.717) is 12.8 Å². The van der Waals surface area contributed by atoms with Crippen LogP contribution in [0.5, 0.6) is 0 Å². The second-order valence-corrected chi connectivity index (χ2v) is 3.53. The highest BCUT2D eigenvalue weighted by molar-refractivity contribution is 7.78. The van der Waals surface area contributed by atoms with Gasteiger partial charge in [0.2, 0.25) is 5.91 Å². The lowest BCUT2D eigenvalue weighted by Gasteiger charge is -2.11. The number of thiocarbonyl (C=S) groups is 1. The van der Waals surface area contributed by atoms with Crippen molar-refractivity contribution in [2.75, 3.05) is 0 Å². The fraction of sp³-hybridized carbons (Fsp3) is 0.182. The van der Waals surface area contributed by atoms with E-state index in [4.69, 9.17) is 0 Å². The molecule has 0 saturated carbocycles. The van der Waals surface area contributed by atoms with Crippen molar-refractivity contribution in [2.45, 2.75) is 12.8 Å². The largest absolute Gasteiger partial charge is 0.273 e. The third-order valence-corrected chi connectivity index (χ3v) is 2.37. The number of hydrogen-bond donors (Lipinski definition) is 1. The molecule has 1 aromatic rings. The minimum Gasteiger partial charge on any atom is -0.273 e. The Labute approximate surface area is 98.1 Å². The van der Waals surface area contributed by atoms with Crippen molar-refractivity contribution >= 4 is 34.7 Å². The van der Waals surface area contributed by atoms with Crippen molar-refractivity contribution in [1.82, 2.24) is 5.43 Å². The Morgan fingerprint density at radius 2 is 2.06 bits per heavy atom. The van der Waals surface area contributed by atoms with Gasteiger partial charge in [0, 0.05) is 12.8 Å². The standard InChI is InChI=1S/C11H9N3OS/c15-11-6-5-10(13-14-11)8-1-3-9(4-2-8)12-7-16/h1-4H,5-6H2,(H,14,15). The van der Waals surface area contributed by atoms with E-state index >= 15 is 0 Å². The minimum atomic E-state index is -0.0364. The molecule has 1 aliphatic heterocycles. The topological polar surface area (TPSA) is 53.8 Å². The van der Waals surface area contributed by atoms with E-state index in [9.17, 15) is 4.79 Å². The van der Waals surface area contributed by atoms with Gasteiger partial charge < -0.3 is 0 Å². The molecule has 0 spiro atoms. The maximum atomic E-state index is 10.9. The molecular formula is C11H9N3OS. The van der Waals surface area contributed by atoms with Crippen LogP contribution in [0.3, 0.4) is 0 Å². The molecule has 1 heterocycles. The van der Waals surface area contributed by atoms with Gasteiger partial charge in [0.25, 0.3) is 0 Å². The van der Waals surface area contributed by atoms with Crippen LogP contribution >= 0.6 is 12.2 Å². The Balaban J connectivity index is 2.22. The van der Waals surface area contributed by atoms with Crippen LogP contribution in [0.4, 0.5) is 5.69 Å². The zero-order valence-electron chi connectivity index (χ0n) is 8.43. The Bertz CT molecular complexity index is 486. The SMILES string of the molecule is O=C1CCC(c2ccc(N=C=S)cc2)=NN1. The monoisotopic (exact) mass is 231 g/mol. The zero-order valence-corrected chi connectivity index (χ0v) is 9.25. The van der Waals surface area contributed by atoms with Crippen LogP contribution in [0, 0.1) is 0 Å². The molecule has 4 nitrogen and oxygen atoms in total. The molecule has 80 valence electrons. The third kappa shape index (κ3) is 2.39. The number of nitrogens with zero attached hydrogens (tertiary/aromatic N) is 2. The first-order valence-corrected chi connectivity index (χ1v) is 5.24. The number of benzene rings is 1. The van der Waals surface area contributed by atoms with Gasteiger partial charge in [0.15, 0.2) is 0 Å². The number of amides is 1. The number of rotatable bonds is 2. The van der Waals surface area contributed by atoms with E-state index in [1.54, 1.807) is 0 Å². The van der Waals surface area contributed by atoms with Crippen LogP contribution < -0.4 is 5.43 Å². The van der Waals surface area contributed by atoms with E-state index in [0.717, 1.165) is 17.0 Å². The Morgan fingerprint density at radius 1 is 1.31 bits per heavy atom. The second kappa shape index (κ2) is 4.79. The lowest BCUT2D eigenvalue weighted by atomic mass is 10.0. The van der Waals surface area contributed by atoms with Crippen molar-refractivity contribution in [3.8, 4) is 0 Å². The van der Waals surface area contributed by atoms with Gasteiger partial charge in [-0.25, -0.2) is 5.43 Å². The third-order valence-electron chi connectivity index (χ3n) is 2.28. The average Bonchev–Trinajstić information content (AvgIpc) is 2.32. The predicted octanol–water partition coefficient (Wildman–Crippen LogP) is 2.03. The molecule has 1 aromatic carbocycles. The number of nitrogens with one attached hydrogen (secondary N) is 1. The molecule has 16 heavy (non-hydrogen) atoms. The molecule has 0 fully saturated rings. The molecule has 0 aliphatic carbocycles. The van der Waals surface area contributed by atoms with Gasteiger partial charge >= 0.3 is 0 Å². The smallest absolute Gasteiger partial charge is 0.240 e. The molecule has 0 bridgehead atoms. The number of carbonyl (C=O) groups excluding carboxylic acids is 1. The summed E-state index contributed by atoms with van der Waals surface area (Å²) in [5.74, 6) is -0.0364. The Kier molecular flexibility index (Phi) is 3.19.